The Morgan fingerprint density at radius 2 is 1.85 bits per heavy atom. The second-order valence-corrected chi connectivity index (χ2v) is 7.09. The molecule has 1 saturated heterocycles. The van der Waals surface area contributed by atoms with Crippen molar-refractivity contribution in [3.8, 4) is 6.07 Å². The van der Waals surface area contributed by atoms with E-state index in [0.717, 1.165) is 11.1 Å². The fourth-order valence-corrected chi connectivity index (χ4v) is 4.15. The zero-order chi connectivity index (χ0) is 18.7. The number of nitriles is 1. The Labute approximate surface area is 156 Å². The van der Waals surface area contributed by atoms with Crippen LogP contribution in [0.5, 0.6) is 0 Å². The van der Waals surface area contributed by atoms with Gasteiger partial charge in [0.2, 0.25) is 5.91 Å². The van der Waals surface area contributed by atoms with Gasteiger partial charge in [0.1, 0.15) is 16.7 Å². The molecule has 130 valence electrons. The topological polar surface area (TPSA) is 87.2 Å². The van der Waals surface area contributed by atoms with Crippen molar-refractivity contribution >= 4 is 29.3 Å². The zero-order valence-corrected chi connectivity index (χ0v) is 15.0. The number of anilines is 1. The van der Waals surface area contributed by atoms with Crippen LogP contribution in [0.2, 0.25) is 0 Å². The Morgan fingerprint density at radius 3 is 2.46 bits per heavy atom. The number of hydrogen-bond acceptors (Lipinski definition) is 4. The maximum atomic E-state index is 13.1. The third-order valence-electron chi connectivity index (χ3n) is 4.21. The Balaban J connectivity index is 2.04. The van der Waals surface area contributed by atoms with Gasteiger partial charge in [0.25, 0.3) is 5.91 Å². The number of carbonyl (C=O) groups excluding carboxylic acids is 2. The van der Waals surface area contributed by atoms with Gasteiger partial charge in [-0.3, -0.25) is 14.5 Å². The van der Waals surface area contributed by atoms with Crippen molar-refractivity contribution in [1.82, 2.24) is 0 Å². The first-order valence-corrected chi connectivity index (χ1v) is 8.95. The van der Waals surface area contributed by atoms with Gasteiger partial charge >= 0.3 is 0 Å². The first-order chi connectivity index (χ1) is 12.5. The number of primary amides is 1. The maximum Gasteiger partial charge on any atom is 0.262 e. The Hall–Kier alpha value is -3.04. The van der Waals surface area contributed by atoms with Crippen LogP contribution in [0.15, 0.2) is 65.2 Å². The van der Waals surface area contributed by atoms with Crippen molar-refractivity contribution in [2.75, 3.05) is 4.90 Å². The standard InChI is InChI=1S/C20H17N3O2S/c1-13-7-5-6-8-14(13)11-17-19(25)23(15-9-3-2-4-10-15)20(26-17)16(12-21)18(22)24/h2-10,17H,11H2,1H3,(H2,22,24)/b20-16+. The third-order valence-corrected chi connectivity index (χ3v) is 5.47. The van der Waals surface area contributed by atoms with E-state index in [0.29, 0.717) is 17.1 Å². The van der Waals surface area contributed by atoms with E-state index in [9.17, 15) is 14.9 Å². The van der Waals surface area contributed by atoms with Crippen LogP contribution < -0.4 is 10.6 Å². The number of thioether (sulfide) groups is 1. The third kappa shape index (κ3) is 3.35. The fourth-order valence-electron chi connectivity index (χ4n) is 2.85. The Morgan fingerprint density at radius 1 is 1.19 bits per heavy atom. The lowest BCUT2D eigenvalue weighted by molar-refractivity contribution is -0.117. The number of amides is 2. The van der Waals surface area contributed by atoms with Gasteiger partial charge in [-0.2, -0.15) is 5.26 Å². The van der Waals surface area contributed by atoms with Gasteiger partial charge in [0, 0.05) is 5.69 Å². The highest BCUT2D eigenvalue weighted by atomic mass is 32.2. The summed E-state index contributed by atoms with van der Waals surface area (Å²) in [6.07, 6.45) is 0.514. The second-order valence-electron chi connectivity index (χ2n) is 5.90. The number of nitrogens with two attached hydrogens (primary N) is 1. The van der Waals surface area contributed by atoms with Gasteiger partial charge < -0.3 is 5.73 Å². The molecule has 0 aromatic heterocycles. The molecule has 0 radical (unpaired) electrons. The molecule has 2 N–H and O–H groups in total. The fraction of sp³-hybridized carbons (Fsp3) is 0.150. The molecule has 26 heavy (non-hydrogen) atoms. The molecule has 1 fully saturated rings. The van der Waals surface area contributed by atoms with Gasteiger partial charge in [-0.25, -0.2) is 0 Å². The predicted molar refractivity (Wildman–Crippen MR) is 102 cm³/mol. The highest BCUT2D eigenvalue weighted by Gasteiger charge is 2.40. The van der Waals surface area contributed by atoms with Gasteiger partial charge in [-0.05, 0) is 36.6 Å². The van der Waals surface area contributed by atoms with Gasteiger partial charge in [-0.1, -0.05) is 54.2 Å². The summed E-state index contributed by atoms with van der Waals surface area (Å²) in [5.74, 6) is -0.992. The van der Waals surface area contributed by atoms with Crippen molar-refractivity contribution in [2.24, 2.45) is 5.73 Å². The van der Waals surface area contributed by atoms with E-state index in [4.69, 9.17) is 5.73 Å². The van der Waals surface area contributed by atoms with Crippen LogP contribution in [-0.4, -0.2) is 17.1 Å². The number of para-hydroxylation sites is 1. The van der Waals surface area contributed by atoms with Crippen LogP contribution in [0.1, 0.15) is 11.1 Å². The van der Waals surface area contributed by atoms with Crippen molar-refractivity contribution in [1.29, 1.82) is 5.26 Å². The summed E-state index contributed by atoms with van der Waals surface area (Å²) in [5, 5.41) is 9.25. The van der Waals surface area contributed by atoms with Crippen LogP contribution in [0.4, 0.5) is 5.69 Å². The number of carbonyl (C=O) groups is 2. The molecule has 2 aromatic rings. The predicted octanol–water partition coefficient (Wildman–Crippen LogP) is 2.91. The van der Waals surface area contributed by atoms with Crippen LogP contribution in [-0.2, 0) is 16.0 Å². The highest BCUT2D eigenvalue weighted by Crippen LogP contribution is 2.41. The molecule has 1 aliphatic heterocycles. The number of benzene rings is 2. The summed E-state index contributed by atoms with van der Waals surface area (Å²) in [6.45, 7) is 2.00. The molecule has 1 atom stereocenters. The quantitative estimate of drug-likeness (QED) is 0.668. The first kappa shape index (κ1) is 17.8. The number of rotatable bonds is 4. The number of hydrogen-bond donors (Lipinski definition) is 1. The Kier molecular flexibility index (Phi) is 5.10. The van der Waals surface area contributed by atoms with Crippen LogP contribution in [0, 0.1) is 18.3 Å². The summed E-state index contributed by atoms with van der Waals surface area (Å²) < 4.78 is 0. The summed E-state index contributed by atoms with van der Waals surface area (Å²) in [7, 11) is 0. The molecular formula is C20H17N3O2S. The normalized spacial score (nSPS) is 18.5. The molecule has 2 amide bonds. The van der Waals surface area contributed by atoms with Crippen molar-refractivity contribution in [2.45, 2.75) is 18.6 Å². The average Bonchev–Trinajstić information content (AvgIpc) is 2.94. The van der Waals surface area contributed by atoms with Crippen LogP contribution in [0.25, 0.3) is 0 Å². The lowest BCUT2D eigenvalue weighted by atomic mass is 10.0. The van der Waals surface area contributed by atoms with Gasteiger partial charge in [0.05, 0.1) is 5.25 Å². The van der Waals surface area contributed by atoms with E-state index in [-0.39, 0.29) is 11.5 Å². The van der Waals surface area contributed by atoms with Gasteiger partial charge in [-0.15, -0.1) is 0 Å². The SMILES string of the molecule is Cc1ccccc1CC1S/C(=C(\C#N)C(N)=O)N(c2ccccc2)C1=O. The second kappa shape index (κ2) is 7.46. The lowest BCUT2D eigenvalue weighted by Gasteiger charge is -2.18. The highest BCUT2D eigenvalue weighted by molar-refractivity contribution is 8.05. The molecule has 1 unspecified atom stereocenters. The molecule has 0 bridgehead atoms. The van der Waals surface area contributed by atoms with E-state index < -0.39 is 11.2 Å². The first-order valence-electron chi connectivity index (χ1n) is 8.07. The molecule has 5 nitrogen and oxygen atoms in total. The van der Waals surface area contributed by atoms with E-state index in [1.807, 2.05) is 43.3 Å². The van der Waals surface area contributed by atoms with E-state index in [1.165, 1.54) is 16.7 Å². The van der Waals surface area contributed by atoms with E-state index in [2.05, 4.69) is 0 Å². The average molecular weight is 363 g/mol. The molecule has 0 aliphatic carbocycles. The molecular weight excluding hydrogens is 346 g/mol. The van der Waals surface area contributed by atoms with E-state index in [1.54, 1.807) is 24.3 Å². The summed E-state index contributed by atoms with van der Waals surface area (Å²) in [5.41, 5.74) is 7.94. The molecule has 6 heteroatoms. The summed E-state index contributed by atoms with van der Waals surface area (Å²) >= 11 is 1.22. The van der Waals surface area contributed by atoms with E-state index >= 15 is 0 Å². The zero-order valence-electron chi connectivity index (χ0n) is 14.2. The monoisotopic (exact) mass is 363 g/mol. The molecule has 0 spiro atoms. The summed E-state index contributed by atoms with van der Waals surface area (Å²) in [4.78, 5) is 26.2. The minimum atomic E-state index is -0.833. The number of nitrogens with zero attached hydrogens (tertiary/aromatic N) is 2. The Bertz CT molecular complexity index is 932. The molecule has 1 heterocycles. The maximum absolute atomic E-state index is 13.1. The van der Waals surface area contributed by atoms with Gasteiger partial charge in [0.15, 0.2) is 0 Å². The minimum absolute atomic E-state index is 0.159. The lowest BCUT2D eigenvalue weighted by Crippen LogP contribution is -2.31. The van der Waals surface area contributed by atoms with Crippen molar-refractivity contribution < 1.29 is 9.59 Å². The number of aryl methyl sites for hydroxylation is 1. The molecule has 2 aromatic carbocycles. The molecule has 3 rings (SSSR count). The molecule has 0 saturated carbocycles. The van der Waals surface area contributed by atoms with Crippen molar-refractivity contribution in [3.63, 3.8) is 0 Å². The van der Waals surface area contributed by atoms with Crippen LogP contribution >= 0.6 is 11.8 Å². The van der Waals surface area contributed by atoms with Crippen molar-refractivity contribution in [3.05, 3.63) is 76.3 Å². The molecule has 1 aliphatic rings. The summed E-state index contributed by atoms with van der Waals surface area (Å²) in [6, 6.07) is 18.7. The van der Waals surface area contributed by atoms with Crippen LogP contribution in [0.3, 0.4) is 0 Å². The largest absolute Gasteiger partial charge is 0.365 e. The smallest absolute Gasteiger partial charge is 0.262 e. The minimum Gasteiger partial charge on any atom is -0.365 e.